The van der Waals surface area contributed by atoms with Crippen molar-refractivity contribution in [3.05, 3.63) is 59.9 Å². The molecule has 3 heterocycles. The number of aryl methyl sites for hydroxylation is 1. The smallest absolute Gasteiger partial charge is 0.291 e. The fourth-order valence-electron chi connectivity index (χ4n) is 3.24. The highest BCUT2D eigenvalue weighted by Gasteiger charge is 2.39. The number of nitrogens with zero attached hydrogens (tertiary/aromatic N) is 4. The molecule has 3 aromatic rings. The molecule has 0 radical (unpaired) electrons. The second-order valence-electron chi connectivity index (χ2n) is 7.21. The van der Waals surface area contributed by atoms with Gasteiger partial charge in [0.2, 0.25) is 10.0 Å². The molecule has 0 spiro atoms. The van der Waals surface area contributed by atoms with Crippen LogP contribution in [0, 0.1) is 18.3 Å². The molecule has 0 bridgehead atoms. The van der Waals surface area contributed by atoms with Crippen molar-refractivity contribution >= 4 is 26.8 Å². The van der Waals surface area contributed by atoms with Crippen molar-refractivity contribution in [1.82, 2.24) is 19.3 Å². The van der Waals surface area contributed by atoms with Crippen molar-refractivity contribution < 1.29 is 21.6 Å². The van der Waals surface area contributed by atoms with E-state index in [1.54, 1.807) is 21.4 Å². The average molecular weight is 459 g/mol. The molecule has 11 heteroatoms. The lowest BCUT2D eigenvalue weighted by atomic mass is 10.1. The Kier molecular flexibility index (Phi) is 5.15. The largest absolute Gasteiger partial charge is 0.404 e. The minimum Gasteiger partial charge on any atom is -0.291 e. The molecule has 1 atom stereocenters. The van der Waals surface area contributed by atoms with Crippen LogP contribution in [-0.2, 0) is 10.0 Å². The summed E-state index contributed by atoms with van der Waals surface area (Å²) >= 11 is 0. The zero-order valence-electron chi connectivity index (χ0n) is 16.8. The fraction of sp³-hybridized carbons (Fsp3) is 0.190. The van der Waals surface area contributed by atoms with E-state index in [1.807, 2.05) is 25.2 Å². The Labute approximate surface area is 181 Å². The topological polar surface area (TPSA) is 101 Å². The summed E-state index contributed by atoms with van der Waals surface area (Å²) < 4.78 is 66.3. The maximum atomic E-state index is 12.8. The highest BCUT2D eigenvalue weighted by molar-refractivity contribution is 7.89. The molecular weight excluding hydrogens is 443 g/mol. The van der Waals surface area contributed by atoms with Crippen molar-refractivity contribution in [2.45, 2.75) is 31.0 Å². The lowest BCUT2D eigenvalue weighted by Crippen LogP contribution is -2.42. The first-order valence-corrected chi connectivity index (χ1v) is 10.9. The van der Waals surface area contributed by atoms with E-state index in [4.69, 9.17) is 0 Å². The normalized spacial score (nSPS) is 14.7. The van der Waals surface area contributed by atoms with Crippen LogP contribution < -0.4 is 4.72 Å². The number of hydrogen-bond donors (Lipinski definition) is 1. The molecule has 0 aliphatic heterocycles. The number of aromatic nitrogens is 3. The minimum atomic E-state index is -4.72. The number of nitriles is 1. The van der Waals surface area contributed by atoms with Crippen LogP contribution in [0.25, 0.3) is 28.1 Å². The van der Waals surface area contributed by atoms with E-state index in [-0.39, 0.29) is 5.69 Å². The van der Waals surface area contributed by atoms with E-state index in [9.17, 15) is 26.9 Å². The summed E-state index contributed by atoms with van der Waals surface area (Å²) in [5.41, 5.74) is 3.06. The molecule has 0 saturated carbocycles. The summed E-state index contributed by atoms with van der Waals surface area (Å²) in [5, 5.41) is 10.4. The van der Waals surface area contributed by atoms with Gasteiger partial charge in [-0.25, -0.2) is 13.4 Å². The molecule has 0 aromatic carbocycles. The first-order chi connectivity index (χ1) is 15.0. The van der Waals surface area contributed by atoms with Crippen LogP contribution in [0.15, 0.2) is 53.6 Å². The Hall–Kier alpha value is -3.49. The van der Waals surface area contributed by atoms with Crippen molar-refractivity contribution in [3.8, 4) is 17.5 Å². The highest BCUT2D eigenvalue weighted by atomic mass is 32.2. The fourth-order valence-corrected chi connectivity index (χ4v) is 4.41. The van der Waals surface area contributed by atoms with Crippen LogP contribution in [0.4, 0.5) is 13.2 Å². The predicted octanol–water partition coefficient (Wildman–Crippen LogP) is 3.92. The van der Waals surface area contributed by atoms with Crippen molar-refractivity contribution in [1.29, 1.82) is 5.26 Å². The van der Waals surface area contributed by atoms with Gasteiger partial charge in [0, 0.05) is 23.0 Å². The summed E-state index contributed by atoms with van der Waals surface area (Å²) in [6, 6.07) is 5.97. The maximum absolute atomic E-state index is 12.8. The monoisotopic (exact) mass is 459 g/mol. The van der Waals surface area contributed by atoms with E-state index in [1.165, 1.54) is 6.07 Å². The number of hydrogen-bond acceptors (Lipinski definition) is 5. The third kappa shape index (κ3) is 3.68. The molecule has 1 N–H and O–H groups in total. The quantitative estimate of drug-likeness (QED) is 0.623. The summed E-state index contributed by atoms with van der Waals surface area (Å²) in [5.74, 6) is 0. The number of alkyl halides is 3. The number of sulfonamides is 1. The Morgan fingerprint density at radius 2 is 1.94 bits per heavy atom. The third-order valence-electron chi connectivity index (χ3n) is 4.97. The van der Waals surface area contributed by atoms with Crippen LogP contribution in [0.3, 0.4) is 0 Å². The van der Waals surface area contributed by atoms with Crippen molar-refractivity contribution in [2.24, 2.45) is 0 Å². The van der Waals surface area contributed by atoms with Crippen LogP contribution in [-0.4, -0.2) is 35.2 Å². The van der Waals surface area contributed by atoms with Crippen LogP contribution >= 0.6 is 0 Å². The SMILES string of the molecule is Cc1ccc2c(C#N)c(-c3ccc(S(=O)(=O)N[C@@H](C)C(F)(F)F)cn3)n(C3=CC=C3)c2n1. The van der Waals surface area contributed by atoms with Gasteiger partial charge in [0.05, 0.1) is 17.0 Å². The van der Waals surface area contributed by atoms with Gasteiger partial charge >= 0.3 is 6.18 Å². The standard InChI is InChI=1S/C21H16F3N5O2S/c1-12-6-8-16-17(10-25)19(29(20(16)27-12)14-4-3-5-14)18-9-7-15(11-26-18)32(30,31)28-13(2)21(22,23)24/h3-9,11,13,28H,1-2H3/t13-/m0/s1. The van der Waals surface area contributed by atoms with Gasteiger partial charge in [0.15, 0.2) is 0 Å². The predicted molar refractivity (Wildman–Crippen MR) is 112 cm³/mol. The van der Waals surface area contributed by atoms with Crippen molar-refractivity contribution in [2.75, 3.05) is 0 Å². The number of halogens is 3. The Balaban J connectivity index is 1.82. The van der Waals surface area contributed by atoms with Crippen LogP contribution in [0.5, 0.6) is 0 Å². The van der Waals surface area contributed by atoms with Gasteiger partial charge in [-0.15, -0.1) is 0 Å². The highest BCUT2D eigenvalue weighted by Crippen LogP contribution is 2.36. The third-order valence-corrected chi connectivity index (χ3v) is 6.50. The zero-order valence-corrected chi connectivity index (χ0v) is 17.7. The van der Waals surface area contributed by atoms with Crippen molar-refractivity contribution in [3.63, 3.8) is 0 Å². The summed E-state index contributed by atoms with van der Waals surface area (Å²) in [7, 11) is -4.45. The molecule has 0 fully saturated rings. The average Bonchev–Trinajstić information content (AvgIpc) is 2.99. The molecule has 0 saturated heterocycles. The first kappa shape index (κ1) is 21.7. The van der Waals surface area contributed by atoms with Gasteiger partial charge in [-0.3, -0.25) is 9.55 Å². The second-order valence-corrected chi connectivity index (χ2v) is 8.92. The van der Waals surface area contributed by atoms with Gasteiger partial charge in [-0.1, -0.05) is 6.08 Å². The maximum Gasteiger partial charge on any atom is 0.404 e. The van der Waals surface area contributed by atoms with Gasteiger partial charge in [-0.2, -0.15) is 23.2 Å². The molecule has 0 amide bonds. The lowest BCUT2D eigenvalue weighted by molar-refractivity contribution is -0.147. The van der Waals surface area contributed by atoms with Gasteiger partial charge in [0.25, 0.3) is 0 Å². The number of rotatable bonds is 5. The number of allylic oxidation sites excluding steroid dienone is 4. The molecule has 1 aliphatic carbocycles. The minimum absolute atomic E-state index is 0.279. The first-order valence-electron chi connectivity index (χ1n) is 9.39. The van der Waals surface area contributed by atoms with E-state index >= 15 is 0 Å². The molecule has 1 aliphatic rings. The van der Waals surface area contributed by atoms with Gasteiger partial charge in [-0.05, 0) is 50.3 Å². The Morgan fingerprint density at radius 3 is 2.47 bits per heavy atom. The summed E-state index contributed by atoms with van der Waals surface area (Å²) in [4.78, 5) is 8.28. The second kappa shape index (κ2) is 7.58. The molecule has 164 valence electrons. The summed E-state index contributed by atoms with van der Waals surface area (Å²) in [6.45, 7) is 2.53. The molecule has 32 heavy (non-hydrogen) atoms. The number of pyridine rings is 2. The molecular formula is C21H16F3N5O2S. The number of fused-ring (bicyclic) bond motifs is 1. The van der Waals surface area contributed by atoms with E-state index in [2.05, 4.69) is 16.0 Å². The van der Waals surface area contributed by atoms with Gasteiger partial charge < -0.3 is 0 Å². The van der Waals surface area contributed by atoms with Crippen LogP contribution in [0.1, 0.15) is 18.2 Å². The Bertz CT molecular complexity index is 1430. The van der Waals surface area contributed by atoms with E-state index in [0.717, 1.165) is 23.7 Å². The van der Waals surface area contributed by atoms with E-state index < -0.39 is 27.1 Å². The van der Waals surface area contributed by atoms with Crippen LogP contribution in [0.2, 0.25) is 0 Å². The summed E-state index contributed by atoms with van der Waals surface area (Å²) in [6.07, 6.45) is 1.72. The van der Waals surface area contributed by atoms with E-state index in [0.29, 0.717) is 29.2 Å². The van der Waals surface area contributed by atoms with Gasteiger partial charge in [0.1, 0.15) is 22.7 Å². The Morgan fingerprint density at radius 1 is 1.22 bits per heavy atom. The number of nitrogens with one attached hydrogen (secondary N) is 1. The molecule has 7 nitrogen and oxygen atoms in total. The molecule has 4 rings (SSSR count). The molecule has 3 aromatic heterocycles. The lowest BCUT2D eigenvalue weighted by Gasteiger charge is -2.17. The zero-order chi connectivity index (χ0) is 23.3. The molecule has 0 unspecified atom stereocenters.